The molecule has 1 unspecified atom stereocenters. The lowest BCUT2D eigenvalue weighted by Crippen LogP contribution is -2.30. The van der Waals surface area contributed by atoms with Crippen LogP contribution >= 0.6 is 0 Å². The van der Waals surface area contributed by atoms with Crippen LogP contribution in [-0.4, -0.2) is 35.8 Å². The van der Waals surface area contributed by atoms with Crippen molar-refractivity contribution in [2.45, 2.75) is 24.7 Å². The topological polar surface area (TPSA) is 92.5 Å². The van der Waals surface area contributed by atoms with Crippen molar-refractivity contribution in [1.82, 2.24) is 9.78 Å². The summed E-state index contributed by atoms with van der Waals surface area (Å²) < 4.78 is 28.8. The van der Waals surface area contributed by atoms with Crippen LogP contribution in [0.1, 0.15) is 18.1 Å². The van der Waals surface area contributed by atoms with Gasteiger partial charge in [0.25, 0.3) is 10.0 Å². The summed E-state index contributed by atoms with van der Waals surface area (Å²) in [4.78, 5) is 11.3. The number of fused-ring (bicyclic) bond motifs is 1. The highest BCUT2D eigenvalue weighted by molar-refractivity contribution is 7.92. The average molecular weight is 349 g/mol. The molecule has 1 aliphatic carbocycles. The summed E-state index contributed by atoms with van der Waals surface area (Å²) in [6.45, 7) is 2.04. The molecule has 0 spiro atoms. The number of nitrogens with zero attached hydrogens (tertiary/aromatic N) is 3. The van der Waals surface area contributed by atoms with Gasteiger partial charge in [-0.25, -0.2) is 8.42 Å². The number of sulfonamides is 1. The highest BCUT2D eigenvalue weighted by Gasteiger charge is 2.30. The Balaban J connectivity index is 1.96. The second-order valence-electron chi connectivity index (χ2n) is 5.92. The van der Waals surface area contributed by atoms with E-state index in [-0.39, 0.29) is 11.4 Å². The van der Waals surface area contributed by atoms with Crippen molar-refractivity contribution in [2.24, 2.45) is 13.0 Å². The van der Waals surface area contributed by atoms with Gasteiger partial charge >= 0.3 is 5.97 Å². The van der Waals surface area contributed by atoms with Crippen molar-refractivity contribution >= 4 is 21.7 Å². The van der Waals surface area contributed by atoms with Crippen molar-refractivity contribution in [1.29, 1.82) is 0 Å². The Morgan fingerprint density at radius 2 is 2.08 bits per heavy atom. The zero-order valence-electron chi connectivity index (χ0n) is 13.5. The molecular formula is C16H19N3O4S. The van der Waals surface area contributed by atoms with E-state index in [0.29, 0.717) is 18.5 Å². The molecule has 0 amide bonds. The summed E-state index contributed by atoms with van der Waals surface area (Å²) >= 11 is 0. The molecule has 1 atom stereocenters. The number of rotatable bonds is 5. The molecule has 2 aromatic rings. The lowest BCUT2D eigenvalue weighted by Gasteiger charge is -2.21. The van der Waals surface area contributed by atoms with E-state index < -0.39 is 21.9 Å². The molecule has 0 saturated heterocycles. The van der Waals surface area contributed by atoms with E-state index in [1.807, 2.05) is 0 Å². The van der Waals surface area contributed by atoms with Gasteiger partial charge in [0.2, 0.25) is 0 Å². The highest BCUT2D eigenvalue weighted by Crippen LogP contribution is 2.31. The van der Waals surface area contributed by atoms with Crippen molar-refractivity contribution in [3.63, 3.8) is 0 Å². The number of hydrogen-bond donors (Lipinski definition) is 1. The molecule has 128 valence electrons. The van der Waals surface area contributed by atoms with E-state index in [9.17, 15) is 13.2 Å². The number of aromatic nitrogens is 2. The first-order chi connectivity index (χ1) is 11.3. The van der Waals surface area contributed by atoms with E-state index in [0.717, 1.165) is 11.1 Å². The van der Waals surface area contributed by atoms with E-state index in [2.05, 4.69) is 5.10 Å². The van der Waals surface area contributed by atoms with Gasteiger partial charge in [-0.2, -0.15) is 5.10 Å². The van der Waals surface area contributed by atoms with Gasteiger partial charge in [0.15, 0.2) is 0 Å². The summed E-state index contributed by atoms with van der Waals surface area (Å²) in [7, 11) is -1.99. The van der Waals surface area contributed by atoms with Crippen molar-refractivity contribution in [3.8, 4) is 0 Å². The summed E-state index contributed by atoms with van der Waals surface area (Å²) in [5, 5.41) is 13.2. The number of aliphatic carboxylic acids is 1. The maximum atomic E-state index is 13.0. The minimum atomic E-state index is -3.72. The van der Waals surface area contributed by atoms with Crippen LogP contribution in [0.4, 0.5) is 5.69 Å². The molecule has 1 aliphatic rings. The number of aryl methyl sites for hydroxylation is 1. The molecule has 0 aliphatic heterocycles. The van der Waals surface area contributed by atoms with Gasteiger partial charge in [0.05, 0.1) is 22.7 Å². The Bertz CT molecular complexity index is 888. The summed E-state index contributed by atoms with van der Waals surface area (Å²) in [6, 6.07) is 4.88. The Kier molecular flexibility index (Phi) is 4.08. The smallest absolute Gasteiger partial charge is 0.307 e. The zero-order valence-corrected chi connectivity index (χ0v) is 14.3. The molecule has 0 fully saturated rings. The Hall–Kier alpha value is -2.35. The van der Waals surface area contributed by atoms with E-state index >= 15 is 0 Å². The predicted molar refractivity (Wildman–Crippen MR) is 88.4 cm³/mol. The maximum absolute atomic E-state index is 13.0. The van der Waals surface area contributed by atoms with Crippen LogP contribution in [0.15, 0.2) is 35.5 Å². The van der Waals surface area contributed by atoms with Crippen molar-refractivity contribution < 1.29 is 18.3 Å². The maximum Gasteiger partial charge on any atom is 0.307 e. The second kappa shape index (κ2) is 5.94. The summed E-state index contributed by atoms with van der Waals surface area (Å²) in [6.07, 6.45) is 3.97. The number of carbonyl (C=O) groups is 1. The first kappa shape index (κ1) is 16.5. The number of carboxylic acids is 1. The monoisotopic (exact) mass is 349 g/mol. The number of anilines is 1. The SMILES string of the molecule is CCN(c1cnn(C)c1)S(=O)(=O)c1ccc2c(c1)CC(C(=O)O)C2. The Morgan fingerprint density at radius 3 is 2.67 bits per heavy atom. The van der Waals surface area contributed by atoms with Crippen LogP contribution in [0.25, 0.3) is 0 Å². The Morgan fingerprint density at radius 1 is 1.38 bits per heavy atom. The first-order valence-electron chi connectivity index (χ1n) is 7.69. The van der Waals surface area contributed by atoms with Gasteiger partial charge in [-0.15, -0.1) is 0 Å². The second-order valence-corrected chi connectivity index (χ2v) is 7.78. The minimum absolute atomic E-state index is 0.179. The third kappa shape index (κ3) is 2.77. The average Bonchev–Trinajstić information content (AvgIpc) is 3.13. The molecule has 1 aromatic carbocycles. The molecule has 1 heterocycles. The quantitative estimate of drug-likeness (QED) is 0.882. The summed E-state index contributed by atoms with van der Waals surface area (Å²) in [5.41, 5.74) is 2.21. The standard InChI is InChI=1S/C16H19N3O4S/c1-3-19(14-9-17-18(2)10-14)24(22,23)15-5-4-11-6-13(16(20)21)7-12(11)8-15/h4-5,8-10,13H,3,6-7H2,1-2H3,(H,20,21). The van der Waals surface area contributed by atoms with Crippen LogP contribution in [0.5, 0.6) is 0 Å². The lowest BCUT2D eigenvalue weighted by atomic mass is 10.1. The van der Waals surface area contributed by atoms with Gasteiger partial charge in [0.1, 0.15) is 0 Å². The van der Waals surface area contributed by atoms with Crippen LogP contribution in [0.3, 0.4) is 0 Å². The fourth-order valence-electron chi connectivity index (χ4n) is 3.09. The molecule has 3 rings (SSSR count). The first-order valence-corrected chi connectivity index (χ1v) is 9.13. The van der Waals surface area contributed by atoms with Crippen LogP contribution in [0, 0.1) is 5.92 Å². The Labute approximate surface area is 140 Å². The van der Waals surface area contributed by atoms with Gasteiger partial charge in [-0.1, -0.05) is 6.07 Å². The van der Waals surface area contributed by atoms with Gasteiger partial charge in [-0.05, 0) is 43.0 Å². The fraction of sp³-hybridized carbons (Fsp3) is 0.375. The predicted octanol–water partition coefficient (Wildman–Crippen LogP) is 1.43. The zero-order chi connectivity index (χ0) is 17.5. The molecular weight excluding hydrogens is 330 g/mol. The number of benzene rings is 1. The van der Waals surface area contributed by atoms with Crippen LogP contribution < -0.4 is 4.31 Å². The molecule has 0 radical (unpaired) electrons. The molecule has 24 heavy (non-hydrogen) atoms. The molecule has 0 saturated carbocycles. The molecule has 1 aromatic heterocycles. The molecule has 0 bridgehead atoms. The van der Waals surface area contributed by atoms with Crippen LogP contribution in [0.2, 0.25) is 0 Å². The third-order valence-electron chi connectivity index (χ3n) is 4.31. The van der Waals surface area contributed by atoms with Crippen LogP contribution in [-0.2, 0) is 34.7 Å². The van der Waals surface area contributed by atoms with Gasteiger partial charge in [0, 0.05) is 19.8 Å². The number of hydrogen-bond acceptors (Lipinski definition) is 4. The van der Waals surface area contributed by atoms with Crippen molar-refractivity contribution in [2.75, 3.05) is 10.8 Å². The normalized spacial score (nSPS) is 16.8. The van der Waals surface area contributed by atoms with E-state index in [1.54, 1.807) is 43.0 Å². The third-order valence-corrected chi connectivity index (χ3v) is 6.21. The molecule has 7 nitrogen and oxygen atoms in total. The van der Waals surface area contributed by atoms with Gasteiger partial charge < -0.3 is 5.11 Å². The highest BCUT2D eigenvalue weighted by atomic mass is 32.2. The van der Waals surface area contributed by atoms with E-state index in [4.69, 9.17) is 5.11 Å². The molecule has 8 heteroatoms. The largest absolute Gasteiger partial charge is 0.481 e. The summed E-state index contributed by atoms with van der Waals surface area (Å²) in [5.74, 6) is -1.32. The fourth-order valence-corrected chi connectivity index (χ4v) is 4.58. The van der Waals surface area contributed by atoms with Gasteiger partial charge in [-0.3, -0.25) is 13.8 Å². The van der Waals surface area contributed by atoms with Crippen molar-refractivity contribution in [3.05, 3.63) is 41.7 Å². The number of carboxylic acid groups (broad SMARTS) is 1. The van der Waals surface area contributed by atoms with E-state index in [1.165, 1.54) is 10.5 Å². The lowest BCUT2D eigenvalue weighted by molar-refractivity contribution is -0.141. The molecule has 1 N–H and O–H groups in total. The minimum Gasteiger partial charge on any atom is -0.481 e.